The van der Waals surface area contributed by atoms with Crippen LogP contribution in [0.2, 0.25) is 0 Å². The first-order chi connectivity index (χ1) is 26.8. The molecule has 0 aromatic heterocycles. The molecule has 0 atom stereocenters. The quantitative estimate of drug-likeness (QED) is 0.100. The molecule has 2 heterocycles. The lowest BCUT2D eigenvalue weighted by Crippen LogP contribution is -2.26. The second kappa shape index (κ2) is 19.6. The Kier molecular flexibility index (Phi) is 14.7. The molecule has 6 heteroatoms. The zero-order valence-corrected chi connectivity index (χ0v) is 35.1. The van der Waals surface area contributed by atoms with Crippen molar-refractivity contribution < 1.29 is 19.2 Å². The molecular weight excluding hydrogens is 717 g/mol. The number of fused-ring (bicyclic) bond motifs is 1. The van der Waals surface area contributed by atoms with Crippen LogP contribution in [0.5, 0.6) is 0 Å². The van der Waals surface area contributed by atoms with Gasteiger partial charge in [-0.3, -0.25) is 19.2 Å². The van der Waals surface area contributed by atoms with Crippen molar-refractivity contribution in [3.8, 4) is 0 Å². The van der Waals surface area contributed by atoms with Gasteiger partial charge in [-0.2, -0.15) is 0 Å². The Labute approximate surface area is 336 Å². The molecule has 0 saturated carbocycles. The predicted octanol–water partition coefficient (Wildman–Crippen LogP) is 12.7. The van der Waals surface area contributed by atoms with Crippen molar-refractivity contribution in [2.45, 2.75) is 150 Å². The first-order valence-electron chi connectivity index (χ1n) is 21.1. The molecule has 0 amide bonds. The number of hydrogen-bond acceptors (Lipinski definition) is 6. The normalized spacial score (nSPS) is 15.2. The fraction of sp³-hybridized carbons (Fsp3) is 0.469. The maximum absolute atomic E-state index is 13.6. The molecule has 3 aromatic rings. The highest BCUT2D eigenvalue weighted by Gasteiger charge is 2.37. The monoisotopic (exact) mass is 774 g/mol. The summed E-state index contributed by atoms with van der Waals surface area (Å²) in [5, 5.41) is 2.08. The standard InChI is InChI=1S/C49H58O4S2/c1-5-8-10-12-14-16-18-20-23-33-28-38-32(4)27-35(39(38)29-34(33)24-21-19-17-15-13-11-9-6-2)25-26-37-31-41-44-42(48(52)54-47(41)51)36(22-7-3)30-40-45(44)43(37)49(53)55-46(40)50/h7,22,25-26,28-31H,5-6,8-21,23-24,27H2,1-4H3/b22-7+,26-25+. The highest BCUT2D eigenvalue weighted by molar-refractivity contribution is 8.27. The first-order valence-corrected chi connectivity index (χ1v) is 22.8. The average molecular weight is 775 g/mol. The Balaban J connectivity index is 1.34. The fourth-order valence-electron chi connectivity index (χ4n) is 8.75. The molecule has 2 aliphatic heterocycles. The van der Waals surface area contributed by atoms with Crippen LogP contribution < -0.4 is 10.4 Å². The van der Waals surface area contributed by atoms with Crippen LogP contribution in [0, 0.1) is 0 Å². The molecule has 3 aromatic carbocycles. The van der Waals surface area contributed by atoms with E-state index in [9.17, 15) is 19.2 Å². The minimum atomic E-state index is -0.351. The molecule has 290 valence electrons. The van der Waals surface area contributed by atoms with Gasteiger partial charge in [0.1, 0.15) is 0 Å². The summed E-state index contributed by atoms with van der Waals surface area (Å²) < 4.78 is 0. The third-order valence-electron chi connectivity index (χ3n) is 11.7. The summed E-state index contributed by atoms with van der Waals surface area (Å²) in [6.45, 7) is 8.63. The van der Waals surface area contributed by atoms with Crippen molar-refractivity contribution in [3.05, 3.63) is 91.4 Å². The van der Waals surface area contributed by atoms with Crippen molar-refractivity contribution >= 4 is 78.1 Å². The predicted molar refractivity (Wildman–Crippen MR) is 236 cm³/mol. The summed E-state index contributed by atoms with van der Waals surface area (Å²) >= 11 is 1.38. The highest BCUT2D eigenvalue weighted by atomic mass is 32.2. The van der Waals surface area contributed by atoms with Crippen LogP contribution in [0.25, 0.3) is 34.1 Å². The maximum atomic E-state index is 13.6. The lowest BCUT2D eigenvalue weighted by Gasteiger charge is -2.24. The molecule has 3 aliphatic rings. The summed E-state index contributed by atoms with van der Waals surface area (Å²) in [6.07, 6.45) is 31.8. The van der Waals surface area contributed by atoms with E-state index in [1.807, 2.05) is 19.1 Å². The van der Waals surface area contributed by atoms with Crippen LogP contribution in [0.3, 0.4) is 0 Å². The van der Waals surface area contributed by atoms with Crippen molar-refractivity contribution in [2.24, 2.45) is 0 Å². The van der Waals surface area contributed by atoms with Gasteiger partial charge in [-0.25, -0.2) is 0 Å². The van der Waals surface area contributed by atoms with E-state index in [1.165, 1.54) is 135 Å². The summed E-state index contributed by atoms with van der Waals surface area (Å²) in [5.74, 6) is 0. The number of unbranched alkanes of at least 4 members (excludes halogenated alkanes) is 14. The van der Waals surface area contributed by atoms with Gasteiger partial charge in [0.15, 0.2) is 0 Å². The largest absolute Gasteiger partial charge is 0.281 e. The van der Waals surface area contributed by atoms with E-state index in [-0.39, 0.29) is 20.5 Å². The molecule has 4 nitrogen and oxygen atoms in total. The number of carbonyl (C=O) groups excluding carboxylic acids is 4. The first kappa shape index (κ1) is 41.2. The maximum Gasteiger partial charge on any atom is 0.228 e. The summed E-state index contributed by atoms with van der Waals surface area (Å²) in [4.78, 5) is 53.6. The van der Waals surface area contributed by atoms with E-state index in [0.717, 1.165) is 19.3 Å². The minimum Gasteiger partial charge on any atom is -0.281 e. The molecule has 0 fully saturated rings. The minimum absolute atomic E-state index is 0.343. The Hall–Kier alpha value is -3.48. The second-order valence-electron chi connectivity index (χ2n) is 15.8. The molecule has 55 heavy (non-hydrogen) atoms. The van der Waals surface area contributed by atoms with E-state index in [2.05, 4.69) is 39.0 Å². The topological polar surface area (TPSA) is 68.3 Å². The summed E-state index contributed by atoms with van der Waals surface area (Å²) in [5.41, 5.74) is 8.33. The Morgan fingerprint density at radius 3 is 1.44 bits per heavy atom. The van der Waals surface area contributed by atoms with Crippen LogP contribution in [0.15, 0.2) is 36.4 Å². The van der Waals surface area contributed by atoms with Crippen molar-refractivity contribution in [3.63, 3.8) is 0 Å². The SMILES string of the molecule is C/C=C/c1cc2c3c(c(/C=C/C4=c5cc(CCCCCCCCCC)c(CCCCCCCCCC)cc5=C(C)C4)cc4c3c1C(=O)SC4=O)C(=O)SC2=O. The molecule has 0 saturated heterocycles. The highest BCUT2D eigenvalue weighted by Crippen LogP contribution is 2.45. The van der Waals surface area contributed by atoms with Gasteiger partial charge in [-0.1, -0.05) is 146 Å². The Morgan fingerprint density at radius 1 is 0.527 bits per heavy atom. The smallest absolute Gasteiger partial charge is 0.228 e. The van der Waals surface area contributed by atoms with Crippen LogP contribution in [0.4, 0.5) is 0 Å². The number of aryl methyl sites for hydroxylation is 2. The lowest BCUT2D eigenvalue weighted by atomic mass is 9.86. The second-order valence-corrected chi connectivity index (χ2v) is 17.7. The third-order valence-corrected chi connectivity index (χ3v) is 13.3. The van der Waals surface area contributed by atoms with Crippen molar-refractivity contribution in [1.29, 1.82) is 0 Å². The molecule has 0 bridgehead atoms. The number of rotatable bonds is 21. The van der Waals surface area contributed by atoms with Gasteiger partial charge in [-0.05, 0) is 120 Å². The molecule has 6 rings (SSSR count). The van der Waals surface area contributed by atoms with Gasteiger partial charge < -0.3 is 0 Å². The van der Waals surface area contributed by atoms with Crippen LogP contribution in [-0.2, 0) is 12.8 Å². The van der Waals surface area contributed by atoms with Gasteiger partial charge >= 0.3 is 0 Å². The van der Waals surface area contributed by atoms with Crippen molar-refractivity contribution in [1.82, 2.24) is 0 Å². The zero-order chi connectivity index (χ0) is 38.9. The summed E-state index contributed by atoms with van der Waals surface area (Å²) in [7, 11) is 0. The van der Waals surface area contributed by atoms with Gasteiger partial charge in [0.05, 0.1) is 0 Å². The van der Waals surface area contributed by atoms with E-state index < -0.39 is 0 Å². The van der Waals surface area contributed by atoms with Gasteiger partial charge in [0, 0.05) is 33.0 Å². The number of hydrogen-bond donors (Lipinski definition) is 0. The van der Waals surface area contributed by atoms with Crippen molar-refractivity contribution in [2.75, 3.05) is 0 Å². The molecule has 0 unspecified atom stereocenters. The molecule has 0 N–H and O–H groups in total. The Morgan fingerprint density at radius 2 is 0.964 bits per heavy atom. The van der Waals surface area contributed by atoms with E-state index >= 15 is 0 Å². The van der Waals surface area contributed by atoms with Gasteiger partial charge in [0.25, 0.3) is 0 Å². The van der Waals surface area contributed by atoms with Gasteiger partial charge in [0.2, 0.25) is 20.5 Å². The molecule has 1 aliphatic carbocycles. The van der Waals surface area contributed by atoms with Gasteiger partial charge in [-0.15, -0.1) is 0 Å². The zero-order valence-electron chi connectivity index (χ0n) is 33.5. The molecule has 0 radical (unpaired) electrons. The number of thioether (sulfide) groups is 2. The number of carbonyl (C=O) groups is 4. The van der Waals surface area contributed by atoms with E-state index in [0.29, 0.717) is 67.7 Å². The molecule has 0 spiro atoms. The van der Waals surface area contributed by atoms with E-state index in [1.54, 1.807) is 18.2 Å². The average Bonchev–Trinajstić information content (AvgIpc) is 3.47. The molecular formula is C49H58O4S2. The lowest BCUT2D eigenvalue weighted by molar-refractivity contribution is 0.104. The van der Waals surface area contributed by atoms with Crippen LogP contribution in [-0.4, -0.2) is 20.5 Å². The van der Waals surface area contributed by atoms with Crippen LogP contribution >= 0.6 is 23.5 Å². The fourth-order valence-corrected chi connectivity index (χ4v) is 10.3. The summed E-state index contributed by atoms with van der Waals surface area (Å²) in [6, 6.07) is 8.42. The third kappa shape index (κ3) is 9.39. The van der Waals surface area contributed by atoms with E-state index in [4.69, 9.17) is 0 Å². The number of benzene rings is 3. The van der Waals surface area contributed by atoms with Crippen LogP contribution in [0.1, 0.15) is 201 Å². The Bertz CT molecular complexity index is 2170. The number of allylic oxidation sites excluding steroid dienone is 2.